The molecule has 4 aromatic carbocycles. The van der Waals surface area contributed by atoms with Gasteiger partial charge in [0.15, 0.2) is 0 Å². The molecular weight excluding hydrogens is 726 g/mol. The Bertz CT molecular complexity index is 1830. The molecule has 1 aliphatic carbocycles. The third-order valence-corrected chi connectivity index (χ3v) is 11.4. The van der Waals surface area contributed by atoms with Crippen molar-refractivity contribution >= 4 is 55.1 Å². The Morgan fingerprint density at radius 3 is 2.22 bits per heavy atom. The average molecular weight is 767 g/mol. The molecule has 1 fully saturated rings. The number of benzene rings is 4. The van der Waals surface area contributed by atoms with Crippen molar-refractivity contribution in [1.82, 2.24) is 10.2 Å². The van der Waals surface area contributed by atoms with Gasteiger partial charge in [-0.05, 0) is 89.3 Å². The number of hydrogen-bond acceptors (Lipinski definition) is 5. The summed E-state index contributed by atoms with van der Waals surface area (Å²) in [5, 5.41) is 3.77. The first kappa shape index (κ1) is 36.4. The van der Waals surface area contributed by atoms with Crippen molar-refractivity contribution in [3.63, 3.8) is 0 Å². The molecule has 5 rings (SSSR count). The van der Waals surface area contributed by atoms with E-state index in [1.165, 1.54) is 24.1 Å². The number of carbonyl (C=O) groups is 2. The summed E-state index contributed by atoms with van der Waals surface area (Å²) in [6.07, 6.45) is 5.22. The van der Waals surface area contributed by atoms with Gasteiger partial charge >= 0.3 is 0 Å². The fraction of sp³-hybridized carbons (Fsp3) is 0.316. The van der Waals surface area contributed by atoms with E-state index < -0.39 is 28.5 Å². The zero-order valence-electron chi connectivity index (χ0n) is 27.6. The quantitative estimate of drug-likeness (QED) is 0.151. The van der Waals surface area contributed by atoms with Crippen LogP contribution < -0.4 is 14.4 Å². The van der Waals surface area contributed by atoms with E-state index >= 15 is 0 Å². The number of carbonyl (C=O) groups excluding carboxylic acids is 2. The molecule has 1 atom stereocenters. The van der Waals surface area contributed by atoms with Gasteiger partial charge in [-0.2, -0.15) is 0 Å². The predicted molar refractivity (Wildman–Crippen MR) is 197 cm³/mol. The Morgan fingerprint density at radius 2 is 1.59 bits per heavy atom. The van der Waals surface area contributed by atoms with Gasteiger partial charge in [-0.1, -0.05) is 91.0 Å². The minimum absolute atomic E-state index is 0.0185. The molecule has 1 aliphatic rings. The number of amides is 2. The molecular formula is C38H41BrClN3O5S. The van der Waals surface area contributed by atoms with Crippen LogP contribution in [0.25, 0.3) is 0 Å². The Balaban J connectivity index is 1.57. The van der Waals surface area contributed by atoms with Crippen LogP contribution in [0.5, 0.6) is 5.75 Å². The van der Waals surface area contributed by atoms with Crippen LogP contribution in [0.4, 0.5) is 5.69 Å². The van der Waals surface area contributed by atoms with E-state index in [9.17, 15) is 18.0 Å². The van der Waals surface area contributed by atoms with Gasteiger partial charge in [-0.3, -0.25) is 13.9 Å². The van der Waals surface area contributed by atoms with E-state index in [4.69, 9.17) is 16.3 Å². The second kappa shape index (κ2) is 16.7. The second-order valence-electron chi connectivity index (χ2n) is 12.3. The van der Waals surface area contributed by atoms with E-state index in [0.29, 0.717) is 20.9 Å². The number of sulfonamides is 1. The molecule has 0 radical (unpaired) electrons. The molecule has 1 N–H and O–H groups in total. The van der Waals surface area contributed by atoms with Crippen molar-refractivity contribution < 1.29 is 22.7 Å². The zero-order valence-corrected chi connectivity index (χ0v) is 30.8. The van der Waals surface area contributed by atoms with Gasteiger partial charge in [0.05, 0.1) is 22.2 Å². The van der Waals surface area contributed by atoms with Gasteiger partial charge in [0.25, 0.3) is 10.0 Å². The smallest absolute Gasteiger partial charge is 0.264 e. The van der Waals surface area contributed by atoms with Gasteiger partial charge in [0, 0.05) is 24.0 Å². The summed E-state index contributed by atoms with van der Waals surface area (Å²) in [7, 11) is -2.77. The number of halogens is 2. The van der Waals surface area contributed by atoms with Crippen molar-refractivity contribution in [3.05, 3.63) is 123 Å². The van der Waals surface area contributed by atoms with Crippen LogP contribution in [0.2, 0.25) is 5.02 Å². The van der Waals surface area contributed by atoms with Crippen molar-refractivity contribution in [2.45, 2.75) is 69.0 Å². The summed E-state index contributed by atoms with van der Waals surface area (Å²) in [6.45, 7) is 1.44. The lowest BCUT2D eigenvalue weighted by Crippen LogP contribution is -2.55. The number of nitrogens with zero attached hydrogens (tertiary/aromatic N) is 2. The number of nitrogens with one attached hydrogen (secondary N) is 1. The molecule has 1 saturated carbocycles. The third kappa shape index (κ3) is 9.44. The first-order chi connectivity index (χ1) is 23.5. The van der Waals surface area contributed by atoms with Crippen molar-refractivity contribution in [2.75, 3.05) is 18.0 Å². The maximum atomic E-state index is 14.7. The van der Waals surface area contributed by atoms with Crippen LogP contribution in [0.15, 0.2) is 106 Å². The minimum Gasteiger partial charge on any atom is -0.496 e. The van der Waals surface area contributed by atoms with Gasteiger partial charge in [-0.25, -0.2) is 8.42 Å². The van der Waals surface area contributed by atoms with Crippen molar-refractivity contribution in [3.8, 4) is 5.75 Å². The van der Waals surface area contributed by atoms with Gasteiger partial charge in [0.2, 0.25) is 11.8 Å². The Morgan fingerprint density at radius 1 is 0.918 bits per heavy atom. The van der Waals surface area contributed by atoms with Crippen LogP contribution in [0, 0.1) is 6.92 Å². The highest BCUT2D eigenvalue weighted by Crippen LogP contribution is 2.31. The van der Waals surface area contributed by atoms with Crippen LogP contribution >= 0.6 is 27.5 Å². The number of rotatable bonds is 13. The molecule has 2 amide bonds. The molecule has 0 aromatic heterocycles. The molecule has 0 heterocycles. The standard InChI is InChI=1S/C38H41BrClN3O5S/c1-27-13-19-32(20-14-27)43(49(46,47)33-21-22-36(48-2)34(39)24-33)26-37(44)42(25-29-15-17-30(40)18-16-29)35(23-28-9-5-3-6-10-28)38(45)41-31-11-7-4-8-12-31/h3,5-6,9-10,13-22,24,31,35H,4,7-8,11-12,23,25-26H2,1-2H3,(H,41,45). The van der Waals surface area contributed by atoms with E-state index in [-0.39, 0.29) is 29.8 Å². The number of methoxy groups -OCH3 is 1. The highest BCUT2D eigenvalue weighted by Gasteiger charge is 2.35. The Labute approximate surface area is 302 Å². The molecule has 258 valence electrons. The summed E-state index contributed by atoms with van der Waals surface area (Å²) < 4.78 is 35.6. The monoisotopic (exact) mass is 765 g/mol. The van der Waals surface area contributed by atoms with E-state index in [1.54, 1.807) is 42.5 Å². The first-order valence-electron chi connectivity index (χ1n) is 16.4. The van der Waals surface area contributed by atoms with E-state index in [2.05, 4.69) is 21.2 Å². The fourth-order valence-electron chi connectivity index (χ4n) is 6.06. The van der Waals surface area contributed by atoms with Gasteiger partial charge in [0.1, 0.15) is 18.3 Å². The van der Waals surface area contributed by atoms with Crippen LogP contribution in [0.3, 0.4) is 0 Å². The molecule has 8 nitrogen and oxygen atoms in total. The first-order valence-corrected chi connectivity index (χ1v) is 19.0. The molecule has 4 aromatic rings. The lowest BCUT2D eigenvalue weighted by atomic mass is 9.94. The Kier molecular flexibility index (Phi) is 12.4. The largest absolute Gasteiger partial charge is 0.496 e. The maximum Gasteiger partial charge on any atom is 0.264 e. The Hall–Kier alpha value is -3.86. The van der Waals surface area contributed by atoms with E-state index in [0.717, 1.165) is 53.1 Å². The molecule has 0 aliphatic heterocycles. The summed E-state index contributed by atoms with van der Waals surface area (Å²) in [6, 6.07) is 27.2. The minimum atomic E-state index is -4.27. The molecule has 0 saturated heterocycles. The molecule has 49 heavy (non-hydrogen) atoms. The number of ether oxygens (including phenoxy) is 1. The highest BCUT2D eigenvalue weighted by atomic mass is 79.9. The normalized spacial score (nSPS) is 14.1. The van der Waals surface area contributed by atoms with Gasteiger partial charge < -0.3 is 15.0 Å². The summed E-state index contributed by atoms with van der Waals surface area (Å²) in [5.74, 6) is -0.313. The maximum absolute atomic E-state index is 14.7. The number of aryl methyl sites for hydroxylation is 1. The predicted octanol–water partition coefficient (Wildman–Crippen LogP) is 7.70. The molecule has 0 bridgehead atoms. The highest BCUT2D eigenvalue weighted by molar-refractivity contribution is 9.10. The molecule has 0 spiro atoms. The zero-order chi connectivity index (χ0) is 35.0. The van der Waals surface area contributed by atoms with Gasteiger partial charge in [-0.15, -0.1) is 0 Å². The summed E-state index contributed by atoms with van der Waals surface area (Å²) in [5.41, 5.74) is 2.89. The molecule has 1 unspecified atom stereocenters. The van der Waals surface area contributed by atoms with Crippen LogP contribution in [0.1, 0.15) is 48.8 Å². The summed E-state index contributed by atoms with van der Waals surface area (Å²) >= 11 is 9.60. The van der Waals surface area contributed by atoms with Crippen molar-refractivity contribution in [1.29, 1.82) is 0 Å². The average Bonchev–Trinajstić information content (AvgIpc) is 3.10. The topological polar surface area (TPSA) is 96.0 Å². The van der Waals surface area contributed by atoms with Crippen LogP contribution in [-0.2, 0) is 32.6 Å². The van der Waals surface area contributed by atoms with E-state index in [1.807, 2.05) is 49.4 Å². The number of anilines is 1. The van der Waals surface area contributed by atoms with Crippen LogP contribution in [-0.4, -0.2) is 50.9 Å². The third-order valence-electron chi connectivity index (χ3n) is 8.80. The molecule has 11 heteroatoms. The lowest BCUT2D eigenvalue weighted by molar-refractivity contribution is -0.140. The van der Waals surface area contributed by atoms with Crippen molar-refractivity contribution in [2.24, 2.45) is 0 Å². The summed E-state index contributed by atoms with van der Waals surface area (Å²) in [4.78, 5) is 30.5. The second-order valence-corrected chi connectivity index (χ2v) is 15.5. The number of hydrogen-bond donors (Lipinski definition) is 1. The fourth-order valence-corrected chi connectivity index (χ4v) is 8.32. The SMILES string of the molecule is COc1ccc(S(=O)(=O)N(CC(=O)N(Cc2ccc(Cl)cc2)C(Cc2ccccc2)C(=O)NC2CCCCC2)c2ccc(C)cc2)cc1Br. The lowest BCUT2D eigenvalue weighted by Gasteiger charge is -2.35.